The van der Waals surface area contributed by atoms with Crippen molar-refractivity contribution in [2.24, 2.45) is 0 Å². The van der Waals surface area contributed by atoms with Crippen LogP contribution in [-0.4, -0.2) is 65.0 Å². The summed E-state index contributed by atoms with van der Waals surface area (Å²) in [5.41, 5.74) is 5.32. The Morgan fingerprint density at radius 2 is 1.97 bits per heavy atom. The van der Waals surface area contributed by atoms with Gasteiger partial charge in [0.15, 0.2) is 5.13 Å². The molecule has 0 unspecified atom stereocenters. The van der Waals surface area contributed by atoms with E-state index in [9.17, 15) is 4.79 Å². The highest BCUT2D eigenvalue weighted by Crippen LogP contribution is 2.32. The molecule has 166 valence electrons. The monoisotopic (exact) mass is 441 g/mol. The number of hydrogen-bond donors (Lipinski definition) is 0. The summed E-state index contributed by atoms with van der Waals surface area (Å²) in [6.45, 7) is 13.5. The summed E-state index contributed by atoms with van der Waals surface area (Å²) in [6.07, 6.45) is 0.900. The molecule has 0 radical (unpaired) electrons. The lowest BCUT2D eigenvalue weighted by atomic mass is 10.1. The van der Waals surface area contributed by atoms with Gasteiger partial charge in [-0.1, -0.05) is 17.4 Å². The van der Waals surface area contributed by atoms with Gasteiger partial charge in [-0.05, 0) is 57.4 Å². The van der Waals surface area contributed by atoms with Crippen LogP contribution in [0.15, 0.2) is 18.2 Å². The number of anilines is 1. The van der Waals surface area contributed by atoms with Crippen molar-refractivity contribution < 1.29 is 9.53 Å². The van der Waals surface area contributed by atoms with Gasteiger partial charge in [0.2, 0.25) is 0 Å². The predicted molar refractivity (Wildman–Crippen MR) is 125 cm³/mol. The van der Waals surface area contributed by atoms with Crippen LogP contribution >= 0.6 is 11.3 Å². The quantitative estimate of drug-likeness (QED) is 0.562. The van der Waals surface area contributed by atoms with E-state index in [1.807, 2.05) is 24.8 Å². The third-order valence-electron chi connectivity index (χ3n) is 5.95. The Morgan fingerprint density at radius 1 is 1.19 bits per heavy atom. The molecule has 0 N–H and O–H groups in total. The number of carbonyl (C=O) groups excluding carboxylic acids is 1. The zero-order chi connectivity index (χ0) is 22.0. The molecule has 0 spiro atoms. The standard InChI is InChI=1S/C23H31N5O2S/c1-16-6-7-20-22(19(16)4)24-23(31-20)27(9-5-8-26-10-12-30-13-11-26)21(29)15-28-18(3)14-17(2)25-28/h6-7,14H,5,8-13,15H2,1-4H3. The van der Waals surface area contributed by atoms with Gasteiger partial charge in [0.25, 0.3) is 5.91 Å². The molecule has 1 fully saturated rings. The minimum Gasteiger partial charge on any atom is -0.379 e. The second-order valence-corrected chi connectivity index (χ2v) is 9.30. The van der Waals surface area contributed by atoms with E-state index in [1.165, 1.54) is 11.1 Å². The minimum atomic E-state index is 0.0293. The molecule has 0 atom stereocenters. The Labute approximate surface area is 187 Å². The van der Waals surface area contributed by atoms with E-state index >= 15 is 0 Å². The predicted octanol–water partition coefficient (Wildman–Crippen LogP) is 3.48. The van der Waals surface area contributed by atoms with Crippen LogP contribution in [0.5, 0.6) is 0 Å². The molecule has 3 heterocycles. The summed E-state index contributed by atoms with van der Waals surface area (Å²) in [4.78, 5) is 22.5. The smallest absolute Gasteiger partial charge is 0.250 e. The number of morpholine rings is 1. The Morgan fingerprint density at radius 3 is 2.68 bits per heavy atom. The molecule has 1 aromatic carbocycles. The van der Waals surface area contributed by atoms with Gasteiger partial charge in [-0.3, -0.25) is 19.3 Å². The molecule has 1 saturated heterocycles. The van der Waals surface area contributed by atoms with Gasteiger partial charge < -0.3 is 4.74 Å². The van der Waals surface area contributed by atoms with Crippen molar-refractivity contribution >= 4 is 32.6 Å². The number of benzene rings is 1. The first-order chi connectivity index (χ1) is 14.9. The molecule has 8 heteroatoms. The van der Waals surface area contributed by atoms with E-state index in [0.29, 0.717) is 6.54 Å². The van der Waals surface area contributed by atoms with Crippen molar-refractivity contribution in [3.8, 4) is 0 Å². The molecule has 3 aromatic rings. The van der Waals surface area contributed by atoms with Gasteiger partial charge in [0, 0.05) is 31.9 Å². The van der Waals surface area contributed by atoms with Crippen molar-refractivity contribution in [1.82, 2.24) is 19.7 Å². The molecular weight excluding hydrogens is 410 g/mol. The molecule has 1 amide bonds. The maximum Gasteiger partial charge on any atom is 0.250 e. The van der Waals surface area contributed by atoms with Crippen LogP contribution in [0.4, 0.5) is 5.13 Å². The molecule has 0 bridgehead atoms. The number of carbonyl (C=O) groups is 1. The fourth-order valence-electron chi connectivity index (χ4n) is 3.98. The summed E-state index contributed by atoms with van der Waals surface area (Å²) in [7, 11) is 0. The SMILES string of the molecule is Cc1cc(C)n(CC(=O)N(CCCN2CCOCC2)c2nc3c(C)c(C)ccc3s2)n1. The zero-order valence-electron chi connectivity index (χ0n) is 18.8. The van der Waals surface area contributed by atoms with Crippen molar-refractivity contribution in [2.45, 2.75) is 40.7 Å². The van der Waals surface area contributed by atoms with Gasteiger partial charge in [-0.25, -0.2) is 4.98 Å². The van der Waals surface area contributed by atoms with Crippen LogP contribution in [0.2, 0.25) is 0 Å². The average Bonchev–Trinajstić information content (AvgIpc) is 3.32. The van der Waals surface area contributed by atoms with E-state index < -0.39 is 0 Å². The maximum atomic E-state index is 13.4. The number of rotatable bonds is 7. The lowest BCUT2D eigenvalue weighted by Crippen LogP contribution is -2.40. The van der Waals surface area contributed by atoms with Crippen molar-refractivity contribution in [1.29, 1.82) is 0 Å². The van der Waals surface area contributed by atoms with E-state index in [4.69, 9.17) is 9.72 Å². The van der Waals surface area contributed by atoms with Gasteiger partial charge >= 0.3 is 0 Å². The third-order valence-corrected chi connectivity index (χ3v) is 7.00. The van der Waals surface area contributed by atoms with Gasteiger partial charge in [-0.2, -0.15) is 5.10 Å². The Kier molecular flexibility index (Phi) is 6.69. The first-order valence-electron chi connectivity index (χ1n) is 10.9. The molecule has 7 nitrogen and oxygen atoms in total. The highest BCUT2D eigenvalue weighted by atomic mass is 32.1. The molecule has 1 aliphatic rings. The highest BCUT2D eigenvalue weighted by molar-refractivity contribution is 7.22. The summed E-state index contributed by atoms with van der Waals surface area (Å²) in [5, 5.41) is 5.25. The van der Waals surface area contributed by atoms with Crippen LogP contribution < -0.4 is 4.90 Å². The van der Waals surface area contributed by atoms with Gasteiger partial charge in [0.1, 0.15) is 6.54 Å². The van der Waals surface area contributed by atoms with Crippen LogP contribution in [0.25, 0.3) is 10.2 Å². The van der Waals surface area contributed by atoms with Gasteiger partial charge in [0.05, 0.1) is 29.1 Å². The number of aryl methyl sites for hydroxylation is 4. The van der Waals surface area contributed by atoms with E-state index in [0.717, 1.165) is 66.0 Å². The topological polar surface area (TPSA) is 63.5 Å². The summed E-state index contributed by atoms with van der Waals surface area (Å²) in [5.74, 6) is 0.0293. The van der Waals surface area contributed by atoms with Crippen molar-refractivity contribution in [3.63, 3.8) is 0 Å². The first-order valence-corrected chi connectivity index (χ1v) is 11.7. The average molecular weight is 442 g/mol. The Hall–Kier alpha value is -2.29. The van der Waals surface area contributed by atoms with Crippen molar-refractivity contribution in [3.05, 3.63) is 40.7 Å². The molecule has 31 heavy (non-hydrogen) atoms. The number of thiazole rings is 1. The lowest BCUT2D eigenvalue weighted by molar-refractivity contribution is -0.119. The number of nitrogens with zero attached hydrogens (tertiary/aromatic N) is 5. The molecule has 2 aromatic heterocycles. The Bertz CT molecular complexity index is 1070. The second-order valence-electron chi connectivity index (χ2n) is 8.29. The number of amides is 1. The maximum absolute atomic E-state index is 13.4. The number of aromatic nitrogens is 3. The van der Waals surface area contributed by atoms with E-state index in [1.54, 1.807) is 16.0 Å². The molecular formula is C23H31N5O2S. The van der Waals surface area contributed by atoms with Crippen LogP contribution in [-0.2, 0) is 16.1 Å². The summed E-state index contributed by atoms with van der Waals surface area (Å²) >= 11 is 1.59. The molecule has 0 aliphatic carbocycles. The van der Waals surface area contributed by atoms with Crippen LogP contribution in [0.1, 0.15) is 28.9 Å². The zero-order valence-corrected chi connectivity index (χ0v) is 19.7. The molecule has 1 aliphatic heterocycles. The largest absolute Gasteiger partial charge is 0.379 e. The number of hydrogen-bond acceptors (Lipinski definition) is 6. The van der Waals surface area contributed by atoms with Crippen molar-refractivity contribution in [2.75, 3.05) is 44.3 Å². The molecule has 4 rings (SSSR count). The van der Waals surface area contributed by atoms with E-state index in [-0.39, 0.29) is 12.5 Å². The normalized spacial score (nSPS) is 15.0. The number of fused-ring (bicyclic) bond motifs is 1. The van der Waals surface area contributed by atoms with Gasteiger partial charge in [-0.15, -0.1) is 0 Å². The number of ether oxygens (including phenoxy) is 1. The molecule has 0 saturated carbocycles. The minimum absolute atomic E-state index is 0.0293. The summed E-state index contributed by atoms with van der Waals surface area (Å²) in [6, 6.07) is 6.23. The lowest BCUT2D eigenvalue weighted by Gasteiger charge is -2.27. The van der Waals surface area contributed by atoms with E-state index in [2.05, 4.69) is 36.0 Å². The van der Waals surface area contributed by atoms with Crippen LogP contribution in [0.3, 0.4) is 0 Å². The fraction of sp³-hybridized carbons (Fsp3) is 0.522. The summed E-state index contributed by atoms with van der Waals surface area (Å²) < 4.78 is 8.35. The van der Waals surface area contributed by atoms with Crippen LogP contribution in [0, 0.1) is 27.7 Å². The fourth-order valence-corrected chi connectivity index (χ4v) is 5.05. The third kappa shape index (κ3) is 4.97. The highest BCUT2D eigenvalue weighted by Gasteiger charge is 2.22. The Balaban J connectivity index is 1.56. The second kappa shape index (κ2) is 9.46. The first kappa shape index (κ1) is 21.9.